The standard InChI is InChI=1S/C25H21N7OS/c1-16-3-4-19(25(33)27-10-17-7-8-34-14-17)9-18(16)5-6-20-12-32(21-11-30-31(2)13-21)24-22(20)23(26)28-15-29-24/h3-4,7-9,11-15H,10H2,1-2H3,(H,27,33)(H2,26,28,29). The van der Waals surface area contributed by atoms with E-state index in [1.54, 1.807) is 22.2 Å². The molecule has 0 unspecified atom stereocenters. The van der Waals surface area contributed by atoms with Gasteiger partial charge in [0.2, 0.25) is 0 Å². The molecule has 0 aliphatic rings. The summed E-state index contributed by atoms with van der Waals surface area (Å²) >= 11 is 1.61. The molecule has 5 rings (SSSR count). The van der Waals surface area contributed by atoms with Crippen LogP contribution < -0.4 is 11.1 Å². The monoisotopic (exact) mass is 467 g/mol. The summed E-state index contributed by atoms with van der Waals surface area (Å²) in [6, 6.07) is 7.52. The van der Waals surface area contributed by atoms with Crippen LogP contribution >= 0.6 is 11.3 Å². The molecule has 5 aromatic rings. The molecule has 4 aromatic heterocycles. The molecule has 1 aromatic carbocycles. The third-order valence-corrected chi connectivity index (χ3v) is 6.18. The number of thiophene rings is 1. The smallest absolute Gasteiger partial charge is 0.251 e. The molecule has 0 aliphatic carbocycles. The van der Waals surface area contributed by atoms with Crippen LogP contribution in [-0.2, 0) is 13.6 Å². The van der Waals surface area contributed by atoms with Crippen molar-refractivity contribution in [2.45, 2.75) is 13.5 Å². The highest BCUT2D eigenvalue weighted by atomic mass is 32.1. The van der Waals surface area contributed by atoms with Gasteiger partial charge in [-0.3, -0.25) is 14.0 Å². The van der Waals surface area contributed by atoms with E-state index in [1.807, 2.05) is 66.0 Å². The summed E-state index contributed by atoms with van der Waals surface area (Å²) in [4.78, 5) is 21.2. The van der Waals surface area contributed by atoms with Crippen molar-refractivity contribution in [3.8, 4) is 17.5 Å². The van der Waals surface area contributed by atoms with Crippen LogP contribution in [0.5, 0.6) is 0 Å². The molecule has 1 amide bonds. The minimum absolute atomic E-state index is 0.139. The molecule has 8 nitrogen and oxygen atoms in total. The molecule has 9 heteroatoms. The molecule has 0 saturated carbocycles. The van der Waals surface area contributed by atoms with Gasteiger partial charge in [0.1, 0.15) is 12.1 Å². The molecule has 0 aliphatic heterocycles. The zero-order valence-electron chi connectivity index (χ0n) is 18.6. The summed E-state index contributed by atoms with van der Waals surface area (Å²) in [7, 11) is 1.85. The Morgan fingerprint density at radius 1 is 1.18 bits per heavy atom. The summed E-state index contributed by atoms with van der Waals surface area (Å²) in [6.45, 7) is 2.46. The lowest BCUT2D eigenvalue weighted by Crippen LogP contribution is -2.22. The Labute approximate surface area is 200 Å². The highest BCUT2D eigenvalue weighted by molar-refractivity contribution is 7.07. The SMILES string of the molecule is Cc1ccc(C(=O)NCc2ccsc2)cc1C#Cc1cn(-c2cnn(C)c2)c2ncnc(N)c12. The van der Waals surface area contributed by atoms with Gasteiger partial charge >= 0.3 is 0 Å². The van der Waals surface area contributed by atoms with Gasteiger partial charge in [0, 0.05) is 37.1 Å². The number of carbonyl (C=O) groups is 1. The fourth-order valence-electron chi connectivity index (χ4n) is 3.62. The Morgan fingerprint density at radius 3 is 2.79 bits per heavy atom. The molecular weight excluding hydrogens is 446 g/mol. The first-order chi connectivity index (χ1) is 16.5. The van der Waals surface area contributed by atoms with E-state index in [1.165, 1.54) is 6.33 Å². The lowest BCUT2D eigenvalue weighted by atomic mass is 10.0. The Bertz CT molecular complexity index is 1570. The Balaban J connectivity index is 1.49. The number of aryl methyl sites for hydroxylation is 2. The largest absolute Gasteiger partial charge is 0.383 e. The summed E-state index contributed by atoms with van der Waals surface area (Å²) < 4.78 is 3.61. The predicted molar refractivity (Wildman–Crippen MR) is 133 cm³/mol. The molecule has 4 heterocycles. The van der Waals surface area contributed by atoms with Crippen molar-refractivity contribution in [2.75, 3.05) is 5.73 Å². The molecule has 0 radical (unpaired) electrons. The van der Waals surface area contributed by atoms with Crippen LogP contribution in [0.15, 0.2) is 59.9 Å². The second-order valence-corrected chi connectivity index (χ2v) is 8.62. The maximum absolute atomic E-state index is 12.7. The van der Waals surface area contributed by atoms with E-state index in [-0.39, 0.29) is 5.91 Å². The highest BCUT2D eigenvalue weighted by Gasteiger charge is 2.14. The van der Waals surface area contributed by atoms with E-state index in [2.05, 4.69) is 32.2 Å². The molecule has 0 fully saturated rings. The number of nitrogens with two attached hydrogens (primary N) is 1. The lowest BCUT2D eigenvalue weighted by Gasteiger charge is -2.06. The molecule has 34 heavy (non-hydrogen) atoms. The number of nitrogen functional groups attached to an aromatic ring is 1. The van der Waals surface area contributed by atoms with Crippen molar-refractivity contribution in [1.29, 1.82) is 0 Å². The highest BCUT2D eigenvalue weighted by Crippen LogP contribution is 2.26. The Kier molecular flexibility index (Phi) is 5.57. The predicted octanol–water partition coefficient (Wildman–Crippen LogP) is 3.44. The van der Waals surface area contributed by atoms with Crippen LogP contribution in [0.2, 0.25) is 0 Å². The first-order valence-corrected chi connectivity index (χ1v) is 11.5. The zero-order valence-corrected chi connectivity index (χ0v) is 19.4. The number of anilines is 1. The molecule has 0 spiro atoms. The van der Waals surface area contributed by atoms with Crippen LogP contribution in [0.25, 0.3) is 16.7 Å². The van der Waals surface area contributed by atoms with E-state index < -0.39 is 0 Å². The summed E-state index contributed by atoms with van der Waals surface area (Å²) in [5.41, 5.74) is 11.8. The minimum atomic E-state index is -0.139. The molecule has 3 N–H and O–H groups in total. The van der Waals surface area contributed by atoms with Gasteiger partial charge in [-0.05, 0) is 47.0 Å². The van der Waals surface area contributed by atoms with Crippen molar-refractivity contribution < 1.29 is 4.79 Å². The quantitative estimate of drug-likeness (QED) is 0.394. The number of nitrogens with zero attached hydrogens (tertiary/aromatic N) is 5. The van der Waals surface area contributed by atoms with Crippen LogP contribution in [0.4, 0.5) is 5.82 Å². The van der Waals surface area contributed by atoms with Gasteiger partial charge in [-0.1, -0.05) is 17.9 Å². The first-order valence-electron chi connectivity index (χ1n) is 10.5. The van der Waals surface area contributed by atoms with Gasteiger partial charge in [0.25, 0.3) is 5.91 Å². The second kappa shape index (κ2) is 8.84. The normalized spacial score (nSPS) is 10.8. The fourth-order valence-corrected chi connectivity index (χ4v) is 4.29. The number of hydrogen-bond acceptors (Lipinski definition) is 6. The van der Waals surface area contributed by atoms with Gasteiger partial charge in [-0.15, -0.1) is 0 Å². The number of fused-ring (bicyclic) bond motifs is 1. The maximum Gasteiger partial charge on any atom is 0.251 e. The average molecular weight is 468 g/mol. The van der Waals surface area contributed by atoms with Crippen molar-refractivity contribution in [2.24, 2.45) is 7.05 Å². The third kappa shape index (κ3) is 4.14. The number of rotatable bonds is 4. The fraction of sp³-hybridized carbons (Fsp3) is 0.120. The van der Waals surface area contributed by atoms with E-state index in [0.29, 0.717) is 34.5 Å². The van der Waals surface area contributed by atoms with Crippen molar-refractivity contribution >= 4 is 34.1 Å². The topological polar surface area (TPSA) is 104 Å². The number of carbonyl (C=O) groups excluding carboxylic acids is 1. The summed E-state index contributed by atoms with van der Waals surface area (Å²) in [5, 5.41) is 11.9. The van der Waals surface area contributed by atoms with E-state index in [4.69, 9.17) is 5.73 Å². The van der Waals surface area contributed by atoms with E-state index in [9.17, 15) is 4.79 Å². The van der Waals surface area contributed by atoms with Crippen molar-refractivity contribution in [3.05, 3.63) is 87.8 Å². The number of aromatic nitrogens is 5. The number of amides is 1. The van der Waals surface area contributed by atoms with Crippen LogP contribution in [0.1, 0.15) is 32.6 Å². The number of nitrogens with one attached hydrogen (secondary N) is 1. The van der Waals surface area contributed by atoms with Gasteiger partial charge in [-0.25, -0.2) is 9.97 Å². The second-order valence-electron chi connectivity index (χ2n) is 7.84. The maximum atomic E-state index is 12.7. The van der Waals surface area contributed by atoms with Crippen molar-refractivity contribution in [1.82, 2.24) is 29.6 Å². The van der Waals surface area contributed by atoms with Gasteiger partial charge in [0.15, 0.2) is 5.65 Å². The molecular formula is C25H21N7OS. The Hall–Kier alpha value is -4.42. The number of benzene rings is 1. The van der Waals surface area contributed by atoms with E-state index >= 15 is 0 Å². The molecule has 0 bridgehead atoms. The minimum Gasteiger partial charge on any atom is -0.383 e. The first kappa shape index (κ1) is 21.4. The molecule has 0 atom stereocenters. The Morgan fingerprint density at radius 2 is 2.03 bits per heavy atom. The van der Waals surface area contributed by atoms with Crippen LogP contribution in [0.3, 0.4) is 0 Å². The summed E-state index contributed by atoms with van der Waals surface area (Å²) in [6.07, 6.45) is 6.95. The average Bonchev–Trinajstić information content (AvgIpc) is 3.57. The summed E-state index contributed by atoms with van der Waals surface area (Å²) in [5.74, 6) is 6.64. The van der Waals surface area contributed by atoms with Crippen LogP contribution in [-0.4, -0.2) is 30.2 Å². The lowest BCUT2D eigenvalue weighted by molar-refractivity contribution is 0.0951. The third-order valence-electron chi connectivity index (χ3n) is 5.45. The van der Waals surface area contributed by atoms with Crippen LogP contribution in [0, 0.1) is 18.8 Å². The molecule has 0 saturated heterocycles. The van der Waals surface area contributed by atoms with E-state index in [0.717, 1.165) is 22.4 Å². The van der Waals surface area contributed by atoms with Gasteiger partial charge in [-0.2, -0.15) is 16.4 Å². The van der Waals surface area contributed by atoms with Gasteiger partial charge in [0.05, 0.1) is 22.8 Å². The number of hydrogen-bond donors (Lipinski definition) is 2. The zero-order chi connectivity index (χ0) is 23.7. The van der Waals surface area contributed by atoms with Gasteiger partial charge < -0.3 is 11.1 Å². The molecule has 168 valence electrons. The van der Waals surface area contributed by atoms with Crippen molar-refractivity contribution in [3.63, 3.8) is 0 Å².